The van der Waals surface area contributed by atoms with Gasteiger partial charge in [-0.3, -0.25) is 4.90 Å². The highest BCUT2D eigenvalue weighted by molar-refractivity contribution is 6.02. The number of ether oxygens (including phenoxy) is 2. The van der Waals surface area contributed by atoms with E-state index in [0.29, 0.717) is 30.0 Å². The number of methoxy groups -OCH3 is 2. The molecular weight excluding hydrogens is 392 g/mol. The third kappa shape index (κ3) is 4.20. The van der Waals surface area contributed by atoms with E-state index >= 15 is 0 Å². The smallest absolute Gasteiger partial charge is 0.326 e. The Labute approximate surface area is 182 Å². The lowest BCUT2D eigenvalue weighted by Crippen LogP contribution is -2.52. The molecule has 31 heavy (non-hydrogen) atoms. The Morgan fingerprint density at radius 3 is 2.00 bits per heavy atom. The Morgan fingerprint density at radius 1 is 0.871 bits per heavy atom. The van der Waals surface area contributed by atoms with Gasteiger partial charge in [-0.1, -0.05) is 36.4 Å². The molecule has 0 aliphatic heterocycles. The summed E-state index contributed by atoms with van der Waals surface area (Å²) in [6.07, 6.45) is 0.0336. The predicted octanol–water partition coefficient (Wildman–Crippen LogP) is 4.27. The SMILES string of the molecule is COc1ccc(OC)c2c1CC(O)C(N(C(=O)Nc1ccccc1)c1ccccc1)C2. The fraction of sp³-hybridized carbons (Fsp3) is 0.240. The third-order valence-electron chi connectivity index (χ3n) is 5.67. The average molecular weight is 418 g/mol. The Hall–Kier alpha value is -3.51. The molecule has 3 aromatic carbocycles. The zero-order valence-corrected chi connectivity index (χ0v) is 17.6. The normalized spacial score (nSPS) is 17.4. The lowest BCUT2D eigenvalue weighted by molar-refractivity contribution is 0.132. The van der Waals surface area contributed by atoms with E-state index < -0.39 is 12.1 Å². The molecule has 0 heterocycles. The maximum absolute atomic E-state index is 13.4. The number of urea groups is 1. The van der Waals surface area contributed by atoms with Crippen LogP contribution in [0.5, 0.6) is 11.5 Å². The van der Waals surface area contributed by atoms with E-state index in [0.717, 1.165) is 16.9 Å². The maximum atomic E-state index is 13.4. The average Bonchev–Trinajstić information content (AvgIpc) is 2.80. The van der Waals surface area contributed by atoms with Crippen molar-refractivity contribution in [2.75, 3.05) is 24.4 Å². The molecule has 0 bridgehead atoms. The van der Waals surface area contributed by atoms with E-state index in [2.05, 4.69) is 5.32 Å². The Bertz CT molecular complexity index is 1040. The van der Waals surface area contributed by atoms with Crippen LogP contribution in [0.1, 0.15) is 11.1 Å². The van der Waals surface area contributed by atoms with Crippen LogP contribution in [0, 0.1) is 0 Å². The number of aliphatic hydroxyl groups is 1. The van der Waals surface area contributed by atoms with Crippen molar-refractivity contribution in [1.82, 2.24) is 0 Å². The zero-order chi connectivity index (χ0) is 21.8. The fourth-order valence-corrected chi connectivity index (χ4v) is 4.19. The van der Waals surface area contributed by atoms with Crippen LogP contribution in [-0.4, -0.2) is 37.5 Å². The summed E-state index contributed by atoms with van der Waals surface area (Å²) >= 11 is 0. The summed E-state index contributed by atoms with van der Waals surface area (Å²) in [6.45, 7) is 0. The van der Waals surface area contributed by atoms with Crippen LogP contribution in [0.25, 0.3) is 0 Å². The molecule has 0 spiro atoms. The molecule has 0 fully saturated rings. The molecule has 1 aliphatic carbocycles. The van der Waals surface area contributed by atoms with Gasteiger partial charge in [0.1, 0.15) is 11.5 Å². The lowest BCUT2D eigenvalue weighted by Gasteiger charge is -2.39. The molecule has 0 radical (unpaired) electrons. The van der Waals surface area contributed by atoms with Gasteiger partial charge in [0.15, 0.2) is 0 Å². The number of amides is 2. The summed E-state index contributed by atoms with van der Waals surface area (Å²) < 4.78 is 11.1. The van der Waals surface area contributed by atoms with Crippen molar-refractivity contribution in [2.24, 2.45) is 0 Å². The largest absolute Gasteiger partial charge is 0.496 e. The quantitative estimate of drug-likeness (QED) is 0.649. The van der Waals surface area contributed by atoms with Gasteiger partial charge in [-0.15, -0.1) is 0 Å². The molecule has 2 amide bonds. The van der Waals surface area contributed by atoms with Crippen LogP contribution < -0.4 is 19.7 Å². The number of para-hydroxylation sites is 2. The highest BCUT2D eigenvalue weighted by Crippen LogP contribution is 2.38. The van der Waals surface area contributed by atoms with Gasteiger partial charge in [-0.05, 0) is 42.8 Å². The number of rotatable bonds is 5. The first kappa shape index (κ1) is 20.8. The minimum absolute atomic E-state index is 0.299. The monoisotopic (exact) mass is 418 g/mol. The number of aliphatic hydroxyl groups excluding tert-OH is 1. The minimum Gasteiger partial charge on any atom is -0.496 e. The van der Waals surface area contributed by atoms with Gasteiger partial charge in [0, 0.05) is 28.9 Å². The first-order valence-electron chi connectivity index (χ1n) is 10.2. The zero-order valence-electron chi connectivity index (χ0n) is 17.6. The van der Waals surface area contributed by atoms with Crippen molar-refractivity contribution >= 4 is 17.4 Å². The van der Waals surface area contributed by atoms with Crippen molar-refractivity contribution in [3.63, 3.8) is 0 Å². The van der Waals surface area contributed by atoms with Gasteiger partial charge in [-0.2, -0.15) is 0 Å². The summed E-state index contributed by atoms with van der Waals surface area (Å²) in [4.78, 5) is 15.0. The molecule has 4 rings (SSSR count). The fourth-order valence-electron chi connectivity index (χ4n) is 4.19. The molecule has 0 saturated heterocycles. The Kier molecular flexibility index (Phi) is 6.09. The number of carbonyl (C=O) groups excluding carboxylic acids is 1. The lowest BCUT2D eigenvalue weighted by atomic mass is 9.84. The van der Waals surface area contributed by atoms with Crippen LogP contribution >= 0.6 is 0 Å². The van der Waals surface area contributed by atoms with Crippen molar-refractivity contribution in [3.8, 4) is 11.5 Å². The number of nitrogens with one attached hydrogen (secondary N) is 1. The molecule has 1 aliphatic rings. The first-order chi connectivity index (χ1) is 15.1. The van der Waals surface area contributed by atoms with E-state index in [1.807, 2.05) is 72.8 Å². The molecule has 2 unspecified atom stereocenters. The second-order valence-electron chi connectivity index (χ2n) is 7.47. The van der Waals surface area contributed by atoms with Crippen LogP contribution in [0.4, 0.5) is 16.2 Å². The standard InChI is InChI=1S/C25H26N2O4/c1-30-23-13-14-24(31-2)20-16-22(28)21(15-19(20)23)27(18-11-7-4-8-12-18)25(29)26-17-9-5-3-6-10-17/h3-14,21-22,28H,15-16H2,1-2H3,(H,26,29). The minimum atomic E-state index is -0.768. The highest BCUT2D eigenvalue weighted by Gasteiger charge is 2.37. The van der Waals surface area contributed by atoms with E-state index in [1.54, 1.807) is 19.1 Å². The van der Waals surface area contributed by atoms with E-state index in [-0.39, 0.29) is 6.03 Å². The number of benzene rings is 3. The second kappa shape index (κ2) is 9.10. The van der Waals surface area contributed by atoms with Crippen molar-refractivity contribution in [1.29, 1.82) is 0 Å². The van der Waals surface area contributed by atoms with E-state index in [4.69, 9.17) is 9.47 Å². The molecule has 6 nitrogen and oxygen atoms in total. The summed E-state index contributed by atoms with van der Waals surface area (Å²) in [5.74, 6) is 1.44. The molecule has 160 valence electrons. The van der Waals surface area contributed by atoms with Gasteiger partial charge in [0.25, 0.3) is 0 Å². The van der Waals surface area contributed by atoms with Crippen molar-refractivity contribution in [3.05, 3.63) is 83.9 Å². The van der Waals surface area contributed by atoms with Gasteiger partial charge in [0.2, 0.25) is 0 Å². The molecule has 0 saturated carbocycles. The van der Waals surface area contributed by atoms with Crippen molar-refractivity contribution < 1.29 is 19.4 Å². The second-order valence-corrected chi connectivity index (χ2v) is 7.47. The first-order valence-corrected chi connectivity index (χ1v) is 10.2. The number of fused-ring (bicyclic) bond motifs is 1. The summed E-state index contributed by atoms with van der Waals surface area (Å²) in [5, 5.41) is 14.1. The van der Waals surface area contributed by atoms with Crippen LogP contribution in [0.3, 0.4) is 0 Å². The highest BCUT2D eigenvalue weighted by atomic mass is 16.5. The number of hydrogen-bond donors (Lipinski definition) is 2. The number of carbonyl (C=O) groups is 1. The van der Waals surface area contributed by atoms with Crippen molar-refractivity contribution in [2.45, 2.75) is 25.0 Å². The molecule has 2 N–H and O–H groups in total. The van der Waals surface area contributed by atoms with E-state index in [1.165, 1.54) is 0 Å². The van der Waals surface area contributed by atoms with E-state index in [9.17, 15) is 9.90 Å². The number of anilines is 2. The van der Waals surface area contributed by atoms with Gasteiger partial charge < -0.3 is 19.9 Å². The van der Waals surface area contributed by atoms with Crippen LogP contribution in [0.2, 0.25) is 0 Å². The third-order valence-corrected chi connectivity index (χ3v) is 5.67. The molecule has 0 aromatic heterocycles. The molecular formula is C25H26N2O4. The Morgan fingerprint density at radius 2 is 1.42 bits per heavy atom. The summed E-state index contributed by atoms with van der Waals surface area (Å²) in [7, 11) is 3.24. The van der Waals surface area contributed by atoms with Crippen LogP contribution in [0.15, 0.2) is 72.8 Å². The predicted molar refractivity (Wildman–Crippen MR) is 121 cm³/mol. The number of hydrogen-bond acceptors (Lipinski definition) is 4. The summed E-state index contributed by atoms with van der Waals surface area (Å²) in [5.41, 5.74) is 3.27. The summed E-state index contributed by atoms with van der Waals surface area (Å²) in [6, 6.07) is 21.6. The van der Waals surface area contributed by atoms with Crippen LogP contribution in [-0.2, 0) is 12.8 Å². The number of nitrogens with zero attached hydrogens (tertiary/aromatic N) is 1. The Balaban J connectivity index is 1.73. The molecule has 2 atom stereocenters. The topological polar surface area (TPSA) is 71.0 Å². The maximum Gasteiger partial charge on any atom is 0.326 e. The van der Waals surface area contributed by atoms with Gasteiger partial charge in [-0.25, -0.2) is 4.79 Å². The molecule has 3 aromatic rings. The van der Waals surface area contributed by atoms with Gasteiger partial charge in [0.05, 0.1) is 26.4 Å². The molecule has 6 heteroatoms. The van der Waals surface area contributed by atoms with Gasteiger partial charge >= 0.3 is 6.03 Å².